The molecule has 4 nitrogen and oxygen atoms in total. The van der Waals surface area contributed by atoms with Crippen LogP contribution in [0.2, 0.25) is 0 Å². The second-order valence-electron chi connectivity index (χ2n) is 6.20. The molecule has 1 heterocycles. The topological polar surface area (TPSA) is 50.9 Å². The van der Waals surface area contributed by atoms with Crippen LogP contribution in [0.4, 0.5) is 0 Å². The molecule has 1 aliphatic rings. The van der Waals surface area contributed by atoms with Gasteiger partial charge in [-0.25, -0.2) is 9.67 Å². The molecule has 1 atom stereocenters. The van der Waals surface area contributed by atoms with Crippen molar-refractivity contribution in [3.05, 3.63) is 12.2 Å². The van der Waals surface area contributed by atoms with Crippen LogP contribution in [-0.4, -0.2) is 37.0 Å². The molecule has 2 rings (SSSR count). The van der Waals surface area contributed by atoms with E-state index >= 15 is 0 Å². The summed E-state index contributed by atoms with van der Waals surface area (Å²) < 4.78 is 1.93. The van der Waals surface area contributed by atoms with E-state index < -0.39 is 0 Å². The molecule has 0 bridgehead atoms. The van der Waals surface area contributed by atoms with Gasteiger partial charge in [0.15, 0.2) is 0 Å². The summed E-state index contributed by atoms with van der Waals surface area (Å²) in [4.78, 5) is 4.29. The molecule has 20 heavy (non-hydrogen) atoms. The molecule has 0 radical (unpaired) electrons. The van der Waals surface area contributed by atoms with Crippen molar-refractivity contribution >= 4 is 11.8 Å². The first-order valence-electron chi connectivity index (χ1n) is 7.81. The van der Waals surface area contributed by atoms with Gasteiger partial charge in [0.1, 0.15) is 12.2 Å². The summed E-state index contributed by atoms with van der Waals surface area (Å²) in [7, 11) is 0. The Labute approximate surface area is 126 Å². The molecule has 114 valence electrons. The lowest BCUT2D eigenvalue weighted by molar-refractivity contribution is 0.194. The highest BCUT2D eigenvalue weighted by molar-refractivity contribution is 7.99. The van der Waals surface area contributed by atoms with Crippen LogP contribution in [0.25, 0.3) is 0 Å². The lowest BCUT2D eigenvalue weighted by Crippen LogP contribution is -2.21. The van der Waals surface area contributed by atoms with Gasteiger partial charge in [-0.2, -0.15) is 16.9 Å². The average Bonchev–Trinajstić information content (AvgIpc) is 2.84. The molecule has 0 saturated heterocycles. The Morgan fingerprint density at radius 3 is 2.80 bits per heavy atom. The normalized spacial score (nSPS) is 18.6. The quantitative estimate of drug-likeness (QED) is 0.841. The van der Waals surface area contributed by atoms with E-state index in [-0.39, 0.29) is 6.10 Å². The van der Waals surface area contributed by atoms with E-state index in [2.05, 4.69) is 23.9 Å². The van der Waals surface area contributed by atoms with Crippen molar-refractivity contribution in [1.29, 1.82) is 0 Å². The Balaban J connectivity index is 1.76. The maximum absolute atomic E-state index is 10.2. The summed E-state index contributed by atoms with van der Waals surface area (Å²) in [5.41, 5.74) is 0. The molecule has 1 N–H and O–H groups in total. The van der Waals surface area contributed by atoms with Crippen LogP contribution >= 0.6 is 11.8 Å². The maximum atomic E-state index is 10.2. The molecule has 0 aliphatic heterocycles. The Hall–Kier alpha value is -0.550. The van der Waals surface area contributed by atoms with E-state index in [4.69, 9.17) is 0 Å². The third-order valence-corrected chi connectivity index (χ3v) is 5.25. The van der Waals surface area contributed by atoms with Crippen molar-refractivity contribution in [1.82, 2.24) is 14.8 Å². The molecule has 1 aliphatic carbocycles. The van der Waals surface area contributed by atoms with Crippen molar-refractivity contribution in [2.24, 2.45) is 5.92 Å². The van der Waals surface area contributed by atoms with Gasteiger partial charge in [0.25, 0.3) is 0 Å². The molecule has 1 aromatic rings. The monoisotopic (exact) mass is 297 g/mol. The fraction of sp³-hybridized carbons (Fsp3) is 0.867. The minimum Gasteiger partial charge on any atom is -0.392 e. The van der Waals surface area contributed by atoms with E-state index in [0.29, 0.717) is 12.3 Å². The molecule has 1 saturated carbocycles. The second-order valence-corrected chi connectivity index (χ2v) is 7.54. The summed E-state index contributed by atoms with van der Waals surface area (Å²) in [6, 6.07) is 0. The van der Waals surface area contributed by atoms with Crippen molar-refractivity contribution in [3.8, 4) is 0 Å². The van der Waals surface area contributed by atoms with Crippen molar-refractivity contribution in [2.45, 2.75) is 70.3 Å². The van der Waals surface area contributed by atoms with Gasteiger partial charge in [0.2, 0.25) is 0 Å². The highest BCUT2D eigenvalue weighted by Gasteiger charge is 2.17. The van der Waals surface area contributed by atoms with Gasteiger partial charge in [-0.05, 0) is 18.8 Å². The number of aromatic nitrogens is 3. The molecule has 1 unspecified atom stereocenters. The standard InChI is InChI=1S/C15H27N3OS/c1-12(2)9-18-15(16-11-17-18)8-13(19)10-20-14-6-4-3-5-7-14/h11-14,19H,3-10H2,1-2H3. The largest absolute Gasteiger partial charge is 0.392 e. The van der Waals surface area contributed by atoms with Crippen LogP contribution in [0.1, 0.15) is 51.8 Å². The van der Waals surface area contributed by atoms with E-state index in [9.17, 15) is 5.11 Å². The first-order valence-corrected chi connectivity index (χ1v) is 8.86. The fourth-order valence-corrected chi connectivity index (χ4v) is 3.97. The van der Waals surface area contributed by atoms with Crippen molar-refractivity contribution in [3.63, 3.8) is 0 Å². The predicted octanol–water partition coefficient (Wildman–Crippen LogP) is 2.90. The molecule has 1 fully saturated rings. The van der Waals surface area contributed by atoms with Gasteiger partial charge in [-0.1, -0.05) is 33.1 Å². The van der Waals surface area contributed by atoms with Crippen molar-refractivity contribution < 1.29 is 5.11 Å². The van der Waals surface area contributed by atoms with Crippen LogP contribution in [-0.2, 0) is 13.0 Å². The Bertz CT molecular complexity index is 388. The van der Waals surface area contributed by atoms with E-state index in [1.54, 1.807) is 6.33 Å². The zero-order valence-electron chi connectivity index (χ0n) is 12.7. The van der Waals surface area contributed by atoms with Crippen LogP contribution in [0.3, 0.4) is 0 Å². The summed E-state index contributed by atoms with van der Waals surface area (Å²) in [6.45, 7) is 5.21. The van der Waals surface area contributed by atoms with Gasteiger partial charge in [-0.3, -0.25) is 0 Å². The molecule has 1 aromatic heterocycles. The highest BCUT2D eigenvalue weighted by atomic mass is 32.2. The fourth-order valence-electron chi connectivity index (χ4n) is 2.69. The van der Waals surface area contributed by atoms with Crippen molar-refractivity contribution in [2.75, 3.05) is 5.75 Å². The average molecular weight is 297 g/mol. The van der Waals surface area contributed by atoms with Crippen LogP contribution in [0, 0.1) is 5.92 Å². The Kier molecular flexibility index (Phi) is 6.36. The first kappa shape index (κ1) is 15.8. The van der Waals surface area contributed by atoms with Crippen LogP contribution in [0.15, 0.2) is 6.33 Å². The number of aliphatic hydroxyl groups is 1. The molecule has 0 aromatic carbocycles. The lowest BCUT2D eigenvalue weighted by Gasteiger charge is -2.22. The smallest absolute Gasteiger partial charge is 0.138 e. The molecular weight excluding hydrogens is 270 g/mol. The van der Waals surface area contributed by atoms with E-state index in [1.165, 1.54) is 32.1 Å². The van der Waals surface area contributed by atoms with E-state index in [0.717, 1.165) is 23.4 Å². The first-order chi connectivity index (χ1) is 9.65. The van der Waals surface area contributed by atoms with Gasteiger partial charge in [0, 0.05) is 24.0 Å². The van der Waals surface area contributed by atoms with Gasteiger partial charge in [0.05, 0.1) is 6.10 Å². The number of nitrogens with zero attached hydrogens (tertiary/aromatic N) is 3. The number of rotatable bonds is 7. The zero-order valence-corrected chi connectivity index (χ0v) is 13.5. The summed E-state index contributed by atoms with van der Waals surface area (Å²) in [5.74, 6) is 2.28. The molecular formula is C15H27N3OS. The Morgan fingerprint density at radius 1 is 1.35 bits per heavy atom. The predicted molar refractivity (Wildman–Crippen MR) is 83.9 cm³/mol. The Morgan fingerprint density at radius 2 is 2.10 bits per heavy atom. The molecule has 5 heteroatoms. The number of hydrogen-bond donors (Lipinski definition) is 1. The second kappa shape index (κ2) is 8.03. The molecule has 0 spiro atoms. The van der Waals surface area contributed by atoms with Gasteiger partial charge < -0.3 is 5.11 Å². The number of hydrogen-bond acceptors (Lipinski definition) is 4. The third-order valence-electron chi connectivity index (χ3n) is 3.73. The summed E-state index contributed by atoms with van der Waals surface area (Å²) >= 11 is 1.94. The third kappa shape index (κ3) is 5.09. The van der Waals surface area contributed by atoms with Gasteiger partial charge >= 0.3 is 0 Å². The van der Waals surface area contributed by atoms with Crippen LogP contribution < -0.4 is 0 Å². The van der Waals surface area contributed by atoms with Crippen LogP contribution in [0.5, 0.6) is 0 Å². The highest BCUT2D eigenvalue weighted by Crippen LogP contribution is 2.28. The minimum absolute atomic E-state index is 0.308. The zero-order chi connectivity index (χ0) is 14.4. The number of thioether (sulfide) groups is 1. The summed E-state index contributed by atoms with van der Waals surface area (Å²) in [6.07, 6.45) is 8.65. The summed E-state index contributed by atoms with van der Waals surface area (Å²) in [5, 5.41) is 15.2. The maximum Gasteiger partial charge on any atom is 0.138 e. The SMILES string of the molecule is CC(C)Cn1ncnc1CC(O)CSC1CCCCC1. The van der Waals surface area contributed by atoms with Gasteiger partial charge in [-0.15, -0.1) is 0 Å². The van der Waals surface area contributed by atoms with E-state index in [1.807, 2.05) is 16.4 Å². The lowest BCUT2D eigenvalue weighted by atomic mass is 10.0. The minimum atomic E-state index is -0.308. The number of aliphatic hydroxyl groups excluding tert-OH is 1. The molecule has 0 amide bonds.